The van der Waals surface area contributed by atoms with E-state index in [2.05, 4.69) is 0 Å². The van der Waals surface area contributed by atoms with E-state index in [0.717, 1.165) is 0 Å². The van der Waals surface area contributed by atoms with Crippen LogP contribution in [0.4, 0.5) is 11.4 Å². The minimum Gasteiger partial charge on any atom is -0.389 e. The number of nitro benzene ring substituents is 1. The predicted octanol–water partition coefficient (Wildman–Crippen LogP) is 2.39. The monoisotopic (exact) mass is 263 g/mol. The normalized spacial score (nSPS) is 13.4. The lowest BCUT2D eigenvalue weighted by molar-refractivity contribution is -0.384. The van der Waals surface area contributed by atoms with E-state index in [0.29, 0.717) is 11.3 Å². The molecule has 6 nitrogen and oxygen atoms in total. The molecular weight excluding hydrogens is 246 g/mol. The lowest BCUT2D eigenvalue weighted by Crippen LogP contribution is -2.29. The summed E-state index contributed by atoms with van der Waals surface area (Å²) in [5.41, 5.74) is 0.875. The fourth-order valence-corrected chi connectivity index (χ4v) is 1.75. The van der Waals surface area contributed by atoms with Crippen LogP contribution in [0.25, 0.3) is 0 Å². The van der Waals surface area contributed by atoms with Gasteiger partial charge >= 0.3 is 0 Å². The lowest BCUT2D eigenvalue weighted by atomic mass is 10.1. The molecular formula is C13H17N3O3. The Morgan fingerprint density at radius 2 is 2.16 bits per heavy atom. The Kier molecular flexibility index (Phi) is 4.84. The van der Waals surface area contributed by atoms with Crippen LogP contribution < -0.4 is 4.90 Å². The van der Waals surface area contributed by atoms with Crippen LogP contribution in [0.3, 0.4) is 0 Å². The largest absolute Gasteiger partial charge is 0.389 e. The number of rotatable bonds is 5. The van der Waals surface area contributed by atoms with Gasteiger partial charge < -0.3 is 10.0 Å². The van der Waals surface area contributed by atoms with E-state index < -0.39 is 11.0 Å². The zero-order valence-electron chi connectivity index (χ0n) is 11.2. The van der Waals surface area contributed by atoms with Gasteiger partial charge in [-0.1, -0.05) is 6.07 Å². The molecule has 0 saturated heterocycles. The van der Waals surface area contributed by atoms with Gasteiger partial charge in [0.15, 0.2) is 0 Å². The van der Waals surface area contributed by atoms with Crippen LogP contribution in [0.1, 0.15) is 31.9 Å². The number of aliphatic hydroxyl groups is 1. The van der Waals surface area contributed by atoms with Crippen LogP contribution in [-0.4, -0.2) is 23.1 Å². The maximum Gasteiger partial charge on any atom is 0.292 e. The molecule has 0 aliphatic rings. The quantitative estimate of drug-likeness (QED) is 0.650. The van der Waals surface area contributed by atoms with E-state index in [1.807, 2.05) is 13.0 Å². The second-order valence-corrected chi connectivity index (χ2v) is 4.50. The number of hydrogen-bond donors (Lipinski definition) is 1. The predicted molar refractivity (Wildman–Crippen MR) is 71.8 cm³/mol. The third-order valence-electron chi connectivity index (χ3n) is 3.11. The van der Waals surface area contributed by atoms with Crippen molar-refractivity contribution in [3.05, 3.63) is 33.9 Å². The molecule has 0 aromatic heterocycles. The molecule has 2 atom stereocenters. The molecule has 0 aliphatic heterocycles. The van der Waals surface area contributed by atoms with Gasteiger partial charge in [-0.3, -0.25) is 10.1 Å². The summed E-state index contributed by atoms with van der Waals surface area (Å²) in [6.07, 6.45) is -0.471. The highest BCUT2D eigenvalue weighted by molar-refractivity contribution is 5.64. The molecule has 0 fully saturated rings. The molecule has 0 aliphatic carbocycles. The molecule has 6 heteroatoms. The summed E-state index contributed by atoms with van der Waals surface area (Å²) < 4.78 is 0. The molecule has 1 aromatic rings. The first-order valence-electron chi connectivity index (χ1n) is 5.94. The first-order chi connectivity index (χ1) is 8.88. The molecule has 1 aromatic carbocycles. The van der Waals surface area contributed by atoms with E-state index >= 15 is 0 Å². The highest BCUT2D eigenvalue weighted by Gasteiger charge is 2.21. The number of anilines is 1. The van der Waals surface area contributed by atoms with Crippen LogP contribution in [0, 0.1) is 21.4 Å². The standard InChI is InChI=1S/C13H17N3O3/c1-9(6-7-14)15(3)12-5-4-11(10(2)17)8-13(12)16(18)19/h4-5,8-10,17H,6H2,1-3H3/t9?,10-/m0/s1. The van der Waals surface area contributed by atoms with Crippen molar-refractivity contribution in [1.82, 2.24) is 0 Å². The third-order valence-corrected chi connectivity index (χ3v) is 3.11. The molecule has 1 N–H and O–H groups in total. The molecule has 1 rings (SSSR count). The van der Waals surface area contributed by atoms with Crippen LogP contribution in [0.2, 0.25) is 0 Å². The Hall–Kier alpha value is -2.13. The summed E-state index contributed by atoms with van der Waals surface area (Å²) in [6, 6.07) is 6.55. The zero-order valence-corrected chi connectivity index (χ0v) is 11.2. The van der Waals surface area contributed by atoms with Crippen molar-refractivity contribution >= 4 is 11.4 Å². The van der Waals surface area contributed by atoms with Crippen LogP contribution in [0.5, 0.6) is 0 Å². The van der Waals surface area contributed by atoms with Crippen LogP contribution in [-0.2, 0) is 0 Å². The first-order valence-corrected chi connectivity index (χ1v) is 5.94. The van der Waals surface area contributed by atoms with Gasteiger partial charge in [0, 0.05) is 19.2 Å². The molecule has 0 bridgehead atoms. The second kappa shape index (κ2) is 6.16. The number of nitriles is 1. The highest BCUT2D eigenvalue weighted by atomic mass is 16.6. The Balaban J connectivity index is 3.20. The van der Waals surface area contributed by atoms with E-state index in [-0.39, 0.29) is 18.2 Å². The van der Waals surface area contributed by atoms with Gasteiger partial charge in [0.05, 0.1) is 23.5 Å². The van der Waals surface area contributed by atoms with Crippen LogP contribution >= 0.6 is 0 Å². The molecule has 19 heavy (non-hydrogen) atoms. The summed E-state index contributed by atoms with van der Waals surface area (Å²) in [6.45, 7) is 3.39. The summed E-state index contributed by atoms with van der Waals surface area (Å²) in [5.74, 6) is 0. The average Bonchev–Trinajstić information content (AvgIpc) is 2.37. The van der Waals surface area contributed by atoms with Crippen molar-refractivity contribution in [3.8, 4) is 6.07 Å². The smallest absolute Gasteiger partial charge is 0.292 e. The van der Waals surface area contributed by atoms with Crippen LogP contribution in [0.15, 0.2) is 18.2 Å². The Bertz CT molecular complexity index is 508. The van der Waals surface area contributed by atoms with E-state index in [9.17, 15) is 15.2 Å². The lowest BCUT2D eigenvalue weighted by Gasteiger charge is -2.25. The van der Waals surface area contributed by atoms with Gasteiger partial charge in [0.2, 0.25) is 0 Å². The maximum atomic E-state index is 11.1. The van der Waals surface area contributed by atoms with Gasteiger partial charge in [0.1, 0.15) is 5.69 Å². The topological polar surface area (TPSA) is 90.4 Å². The molecule has 102 valence electrons. The van der Waals surface area contributed by atoms with Crippen molar-refractivity contribution in [1.29, 1.82) is 5.26 Å². The number of nitrogens with zero attached hydrogens (tertiary/aromatic N) is 3. The Labute approximate surface area is 112 Å². The van der Waals surface area contributed by atoms with E-state index in [1.54, 1.807) is 31.0 Å². The summed E-state index contributed by atoms with van der Waals surface area (Å²) in [5, 5.41) is 29.3. The fraction of sp³-hybridized carbons (Fsp3) is 0.462. The molecule has 0 amide bonds. The van der Waals surface area contributed by atoms with E-state index in [1.165, 1.54) is 6.07 Å². The van der Waals surface area contributed by atoms with Crippen molar-refractivity contribution in [3.63, 3.8) is 0 Å². The average molecular weight is 263 g/mol. The molecule has 0 saturated carbocycles. The zero-order chi connectivity index (χ0) is 14.6. The molecule has 0 radical (unpaired) electrons. The highest BCUT2D eigenvalue weighted by Crippen LogP contribution is 2.31. The Morgan fingerprint density at radius 1 is 1.53 bits per heavy atom. The number of benzene rings is 1. The third kappa shape index (κ3) is 3.42. The van der Waals surface area contributed by atoms with Crippen molar-refractivity contribution < 1.29 is 10.0 Å². The van der Waals surface area contributed by atoms with Gasteiger partial charge in [-0.25, -0.2) is 0 Å². The minimum absolute atomic E-state index is 0.0642. The van der Waals surface area contributed by atoms with Gasteiger partial charge in [0.25, 0.3) is 5.69 Å². The molecule has 0 spiro atoms. The summed E-state index contributed by atoms with van der Waals surface area (Å²) in [4.78, 5) is 12.3. The first kappa shape index (κ1) is 14.9. The molecule has 0 heterocycles. The van der Waals surface area contributed by atoms with Gasteiger partial charge in [-0.15, -0.1) is 0 Å². The number of nitro groups is 1. The SMILES string of the molecule is CC(CC#N)N(C)c1ccc([C@H](C)O)cc1[N+](=O)[O-]. The van der Waals surface area contributed by atoms with Gasteiger partial charge in [-0.05, 0) is 25.5 Å². The number of hydrogen-bond acceptors (Lipinski definition) is 5. The van der Waals surface area contributed by atoms with E-state index in [4.69, 9.17) is 5.26 Å². The minimum atomic E-state index is -0.755. The summed E-state index contributed by atoms with van der Waals surface area (Å²) in [7, 11) is 1.71. The fourth-order valence-electron chi connectivity index (χ4n) is 1.75. The molecule has 1 unspecified atom stereocenters. The number of aliphatic hydroxyl groups excluding tert-OH is 1. The van der Waals surface area contributed by atoms with Crippen molar-refractivity contribution in [2.24, 2.45) is 0 Å². The van der Waals surface area contributed by atoms with Gasteiger partial charge in [-0.2, -0.15) is 5.26 Å². The van der Waals surface area contributed by atoms with Crippen molar-refractivity contribution in [2.45, 2.75) is 32.4 Å². The maximum absolute atomic E-state index is 11.1. The Morgan fingerprint density at radius 3 is 2.63 bits per heavy atom. The summed E-state index contributed by atoms with van der Waals surface area (Å²) >= 11 is 0. The van der Waals surface area contributed by atoms with Crippen molar-refractivity contribution in [2.75, 3.05) is 11.9 Å². The second-order valence-electron chi connectivity index (χ2n) is 4.50.